The van der Waals surface area contributed by atoms with Crippen LogP contribution in [0.5, 0.6) is 0 Å². The van der Waals surface area contributed by atoms with Crippen LogP contribution in [0.4, 0.5) is 11.4 Å². The molecule has 22 heavy (non-hydrogen) atoms. The largest absolute Gasteiger partial charge is 0.374 e. The third-order valence-electron chi connectivity index (χ3n) is 3.86. The molecular formula is C18H29N3O. The van der Waals surface area contributed by atoms with Gasteiger partial charge in [0.25, 0.3) is 0 Å². The van der Waals surface area contributed by atoms with Gasteiger partial charge in [-0.25, -0.2) is 0 Å². The number of hydrogen-bond donors (Lipinski definition) is 2. The number of carbonyl (C=O) groups excluding carboxylic acids is 1. The summed E-state index contributed by atoms with van der Waals surface area (Å²) in [4.78, 5) is 14.5. The average Bonchev–Trinajstić information content (AvgIpc) is 2.47. The van der Waals surface area contributed by atoms with Gasteiger partial charge in [-0.1, -0.05) is 0 Å². The molecule has 1 fully saturated rings. The maximum absolute atomic E-state index is 12.1. The van der Waals surface area contributed by atoms with Gasteiger partial charge in [0.15, 0.2) is 0 Å². The van der Waals surface area contributed by atoms with Gasteiger partial charge in [0.05, 0.1) is 0 Å². The summed E-state index contributed by atoms with van der Waals surface area (Å²) in [5.41, 5.74) is 2.06. The van der Waals surface area contributed by atoms with Gasteiger partial charge in [0, 0.05) is 30.0 Å². The Kier molecular flexibility index (Phi) is 5.33. The van der Waals surface area contributed by atoms with E-state index in [9.17, 15) is 4.79 Å². The molecule has 1 aromatic carbocycles. The van der Waals surface area contributed by atoms with Crippen molar-refractivity contribution in [2.24, 2.45) is 0 Å². The number of carbonyl (C=O) groups is 1. The summed E-state index contributed by atoms with van der Waals surface area (Å²) in [5.74, 6) is 0.0209. The third-order valence-corrected chi connectivity index (χ3v) is 3.86. The minimum atomic E-state index is -0.250. The molecule has 122 valence electrons. The molecule has 0 saturated carbocycles. The van der Waals surface area contributed by atoms with Crippen molar-refractivity contribution >= 4 is 17.3 Å². The molecule has 2 N–H and O–H groups in total. The maximum atomic E-state index is 12.1. The van der Waals surface area contributed by atoms with E-state index in [1.54, 1.807) is 0 Å². The van der Waals surface area contributed by atoms with Crippen molar-refractivity contribution in [2.75, 3.05) is 23.3 Å². The first kappa shape index (κ1) is 16.7. The van der Waals surface area contributed by atoms with Crippen LogP contribution in [-0.4, -0.2) is 30.6 Å². The lowest BCUT2D eigenvalue weighted by molar-refractivity contribution is -0.122. The second-order valence-corrected chi connectivity index (χ2v) is 7.20. The highest BCUT2D eigenvalue weighted by molar-refractivity contribution is 5.84. The fraction of sp³-hybridized carbons (Fsp3) is 0.611. The topological polar surface area (TPSA) is 44.4 Å². The Bertz CT molecular complexity index is 484. The number of nitrogens with zero attached hydrogens (tertiary/aromatic N) is 1. The number of anilines is 2. The molecule has 1 heterocycles. The Balaban J connectivity index is 1.91. The lowest BCUT2D eigenvalue weighted by Crippen LogP contribution is -2.47. The smallest absolute Gasteiger partial charge is 0.242 e. The molecular weight excluding hydrogens is 274 g/mol. The van der Waals surface area contributed by atoms with Crippen LogP contribution >= 0.6 is 0 Å². The third kappa shape index (κ3) is 4.93. The van der Waals surface area contributed by atoms with Gasteiger partial charge in [-0.05, 0) is 71.2 Å². The summed E-state index contributed by atoms with van der Waals surface area (Å²) in [7, 11) is 0. The van der Waals surface area contributed by atoms with E-state index in [1.807, 2.05) is 27.7 Å². The van der Waals surface area contributed by atoms with Crippen LogP contribution in [0.1, 0.15) is 47.0 Å². The van der Waals surface area contributed by atoms with E-state index in [0.29, 0.717) is 0 Å². The molecule has 1 aliphatic heterocycles. The molecule has 0 bridgehead atoms. The van der Waals surface area contributed by atoms with Gasteiger partial charge in [-0.2, -0.15) is 0 Å². The van der Waals surface area contributed by atoms with E-state index >= 15 is 0 Å². The Morgan fingerprint density at radius 3 is 2.23 bits per heavy atom. The second-order valence-electron chi connectivity index (χ2n) is 7.20. The van der Waals surface area contributed by atoms with Crippen LogP contribution in [0.2, 0.25) is 0 Å². The molecule has 4 nitrogen and oxygen atoms in total. The first-order valence-corrected chi connectivity index (χ1v) is 8.29. The van der Waals surface area contributed by atoms with Gasteiger partial charge in [-0.3, -0.25) is 4.79 Å². The Morgan fingerprint density at radius 1 is 1.09 bits per heavy atom. The van der Waals surface area contributed by atoms with Crippen LogP contribution in [0, 0.1) is 0 Å². The first-order chi connectivity index (χ1) is 10.3. The monoisotopic (exact) mass is 303 g/mol. The molecule has 1 aromatic rings. The molecule has 1 atom stereocenters. The van der Waals surface area contributed by atoms with Crippen LogP contribution in [0.3, 0.4) is 0 Å². The first-order valence-electron chi connectivity index (χ1n) is 8.29. The van der Waals surface area contributed by atoms with Gasteiger partial charge in [-0.15, -0.1) is 0 Å². The van der Waals surface area contributed by atoms with Crippen molar-refractivity contribution in [1.82, 2.24) is 5.32 Å². The number of piperidine rings is 1. The second kappa shape index (κ2) is 7.03. The van der Waals surface area contributed by atoms with Crippen molar-refractivity contribution in [3.63, 3.8) is 0 Å². The highest BCUT2D eigenvalue weighted by atomic mass is 16.2. The van der Waals surface area contributed by atoms with Crippen molar-refractivity contribution in [2.45, 2.75) is 58.5 Å². The van der Waals surface area contributed by atoms with E-state index in [1.165, 1.54) is 24.9 Å². The Labute approximate surface area is 134 Å². The molecule has 0 spiro atoms. The summed E-state index contributed by atoms with van der Waals surface area (Å²) < 4.78 is 0. The van der Waals surface area contributed by atoms with Crippen molar-refractivity contribution in [1.29, 1.82) is 0 Å². The lowest BCUT2D eigenvalue weighted by Gasteiger charge is -2.29. The maximum Gasteiger partial charge on any atom is 0.242 e. The van der Waals surface area contributed by atoms with Gasteiger partial charge < -0.3 is 15.5 Å². The minimum Gasteiger partial charge on any atom is -0.374 e. The Hall–Kier alpha value is -1.71. The number of hydrogen-bond acceptors (Lipinski definition) is 3. The van der Waals surface area contributed by atoms with E-state index in [4.69, 9.17) is 0 Å². The van der Waals surface area contributed by atoms with Gasteiger partial charge in [0.2, 0.25) is 5.91 Å². The quantitative estimate of drug-likeness (QED) is 0.896. The van der Waals surface area contributed by atoms with Gasteiger partial charge >= 0.3 is 0 Å². The fourth-order valence-corrected chi connectivity index (χ4v) is 2.71. The summed E-state index contributed by atoms with van der Waals surface area (Å²) in [6.07, 6.45) is 3.91. The van der Waals surface area contributed by atoms with Crippen LogP contribution in [-0.2, 0) is 4.79 Å². The van der Waals surface area contributed by atoms with E-state index in [0.717, 1.165) is 18.8 Å². The van der Waals surface area contributed by atoms with Crippen LogP contribution in [0.25, 0.3) is 0 Å². The molecule has 0 radical (unpaired) electrons. The predicted molar refractivity (Wildman–Crippen MR) is 93.5 cm³/mol. The summed E-state index contributed by atoms with van der Waals surface area (Å²) in [5, 5.41) is 6.26. The number of amides is 1. The van der Waals surface area contributed by atoms with Crippen molar-refractivity contribution in [3.05, 3.63) is 24.3 Å². The fourth-order valence-electron chi connectivity index (χ4n) is 2.71. The molecule has 0 aliphatic carbocycles. The number of rotatable bonds is 4. The molecule has 1 saturated heterocycles. The normalized spacial score (nSPS) is 17.0. The highest BCUT2D eigenvalue weighted by Gasteiger charge is 2.19. The predicted octanol–water partition coefficient (Wildman–Crippen LogP) is 3.39. The van der Waals surface area contributed by atoms with Crippen molar-refractivity contribution in [3.8, 4) is 0 Å². The summed E-state index contributed by atoms with van der Waals surface area (Å²) >= 11 is 0. The summed E-state index contributed by atoms with van der Waals surface area (Å²) in [6, 6.07) is 8.15. The average molecular weight is 303 g/mol. The molecule has 1 amide bonds. The standard InChI is InChI=1S/C18H29N3O/c1-14(17(22)20-18(2,3)4)19-15-8-10-16(11-9-15)21-12-6-5-7-13-21/h8-11,14,19H,5-7,12-13H2,1-4H3,(H,20,22)/t14-/m1/s1. The number of nitrogens with one attached hydrogen (secondary N) is 2. The van der Waals surface area contributed by atoms with E-state index < -0.39 is 0 Å². The number of benzene rings is 1. The molecule has 1 aliphatic rings. The molecule has 4 heteroatoms. The zero-order chi connectivity index (χ0) is 16.2. The van der Waals surface area contributed by atoms with Crippen molar-refractivity contribution < 1.29 is 4.79 Å². The zero-order valence-electron chi connectivity index (χ0n) is 14.3. The van der Waals surface area contributed by atoms with E-state index in [2.05, 4.69) is 39.8 Å². The highest BCUT2D eigenvalue weighted by Crippen LogP contribution is 2.22. The van der Waals surface area contributed by atoms with Crippen LogP contribution in [0.15, 0.2) is 24.3 Å². The van der Waals surface area contributed by atoms with E-state index in [-0.39, 0.29) is 17.5 Å². The molecule has 0 unspecified atom stereocenters. The minimum absolute atomic E-state index is 0.0209. The summed E-state index contributed by atoms with van der Waals surface area (Å²) in [6.45, 7) is 10.2. The van der Waals surface area contributed by atoms with Gasteiger partial charge in [0.1, 0.15) is 6.04 Å². The lowest BCUT2D eigenvalue weighted by atomic mass is 10.1. The Morgan fingerprint density at radius 2 is 1.68 bits per heavy atom. The zero-order valence-corrected chi connectivity index (χ0v) is 14.3. The molecule has 0 aromatic heterocycles. The van der Waals surface area contributed by atoms with Crippen LogP contribution < -0.4 is 15.5 Å². The molecule has 2 rings (SSSR count). The SMILES string of the molecule is C[C@@H](Nc1ccc(N2CCCCC2)cc1)C(=O)NC(C)(C)C.